The number of aromatic nitrogens is 2. The van der Waals surface area contributed by atoms with Gasteiger partial charge in [-0.3, -0.25) is 4.79 Å². The molecule has 0 atom stereocenters. The molecule has 0 unspecified atom stereocenters. The van der Waals surface area contributed by atoms with Gasteiger partial charge in [0.15, 0.2) is 5.76 Å². The lowest BCUT2D eigenvalue weighted by molar-refractivity contribution is 0.0696. The van der Waals surface area contributed by atoms with Crippen LogP contribution in [0.5, 0.6) is 5.75 Å². The van der Waals surface area contributed by atoms with E-state index in [-0.39, 0.29) is 17.7 Å². The van der Waals surface area contributed by atoms with Gasteiger partial charge in [-0.25, -0.2) is 9.78 Å². The SMILES string of the molecule is O=C(O)c1cccc(COc2ccc(C=Nn3c(-c4cc5ccccc5o4)nc4ccccc4c3=O)cc2I)c1. The highest BCUT2D eigenvalue weighted by molar-refractivity contribution is 14.1. The summed E-state index contributed by atoms with van der Waals surface area (Å²) in [5.41, 5.74) is 2.65. The van der Waals surface area contributed by atoms with Crippen LogP contribution in [0.1, 0.15) is 21.5 Å². The summed E-state index contributed by atoms with van der Waals surface area (Å²) in [7, 11) is 0. The lowest BCUT2D eigenvalue weighted by atomic mass is 10.1. The molecule has 0 bridgehead atoms. The van der Waals surface area contributed by atoms with Crippen LogP contribution in [0.3, 0.4) is 0 Å². The smallest absolute Gasteiger partial charge is 0.335 e. The monoisotopic (exact) mass is 641 g/mol. The number of carboxylic acids is 1. The summed E-state index contributed by atoms with van der Waals surface area (Å²) < 4.78 is 14.0. The van der Waals surface area contributed by atoms with Crippen molar-refractivity contribution < 1.29 is 19.1 Å². The quantitative estimate of drug-likeness (QED) is 0.156. The molecule has 0 amide bonds. The Hall–Kier alpha value is -4.77. The topological polar surface area (TPSA) is 107 Å². The maximum Gasteiger partial charge on any atom is 0.335 e. The van der Waals surface area contributed by atoms with E-state index in [2.05, 4.69) is 27.7 Å². The predicted molar refractivity (Wildman–Crippen MR) is 161 cm³/mol. The van der Waals surface area contributed by atoms with Gasteiger partial charge in [0, 0.05) is 5.39 Å². The number of benzene rings is 4. The first-order valence-electron chi connectivity index (χ1n) is 12.3. The van der Waals surface area contributed by atoms with Gasteiger partial charge in [-0.05, 0) is 88.3 Å². The van der Waals surface area contributed by atoms with Crippen molar-refractivity contribution >= 4 is 56.6 Å². The van der Waals surface area contributed by atoms with E-state index in [4.69, 9.17) is 14.1 Å². The molecule has 40 heavy (non-hydrogen) atoms. The molecule has 9 heteroatoms. The van der Waals surface area contributed by atoms with Crippen LogP contribution in [-0.2, 0) is 6.61 Å². The molecule has 6 aromatic rings. The molecule has 0 aliphatic heterocycles. The molecule has 2 aromatic heterocycles. The standard InChI is InChI=1S/C31H20IN3O5/c32-24-15-19(12-13-27(24)39-18-20-6-5-8-22(14-20)31(37)38)17-33-35-29(28-16-21-7-1-4-11-26(21)40-28)34-25-10-3-2-9-23(25)30(35)36/h1-17H,18H2,(H,37,38). The van der Waals surface area contributed by atoms with Crippen molar-refractivity contribution in [3.63, 3.8) is 0 Å². The Kier molecular flexibility index (Phi) is 6.87. The van der Waals surface area contributed by atoms with Gasteiger partial charge in [-0.1, -0.05) is 42.5 Å². The van der Waals surface area contributed by atoms with Crippen LogP contribution in [0.25, 0.3) is 33.5 Å². The van der Waals surface area contributed by atoms with Gasteiger partial charge in [-0.15, -0.1) is 0 Å². The second kappa shape index (κ2) is 10.8. The van der Waals surface area contributed by atoms with Crippen LogP contribution in [0.2, 0.25) is 0 Å². The summed E-state index contributed by atoms with van der Waals surface area (Å²) in [5, 5.41) is 15.1. The molecule has 0 saturated heterocycles. The zero-order chi connectivity index (χ0) is 27.6. The highest BCUT2D eigenvalue weighted by atomic mass is 127. The molecule has 0 radical (unpaired) electrons. The Morgan fingerprint density at radius 3 is 2.65 bits per heavy atom. The van der Waals surface area contributed by atoms with Crippen molar-refractivity contribution in [2.75, 3.05) is 0 Å². The van der Waals surface area contributed by atoms with E-state index in [1.807, 2.05) is 60.7 Å². The molecule has 0 spiro atoms. The van der Waals surface area contributed by atoms with E-state index < -0.39 is 5.97 Å². The number of halogens is 1. The van der Waals surface area contributed by atoms with E-state index in [1.54, 1.807) is 42.6 Å². The molecule has 4 aromatic carbocycles. The third-order valence-corrected chi connectivity index (χ3v) is 7.09. The average molecular weight is 641 g/mol. The minimum Gasteiger partial charge on any atom is -0.488 e. The van der Waals surface area contributed by atoms with Crippen molar-refractivity contribution in [1.29, 1.82) is 0 Å². The maximum absolute atomic E-state index is 13.5. The number of furan rings is 1. The van der Waals surface area contributed by atoms with Gasteiger partial charge in [0.1, 0.15) is 17.9 Å². The highest BCUT2D eigenvalue weighted by Crippen LogP contribution is 2.27. The second-order valence-electron chi connectivity index (χ2n) is 8.95. The van der Waals surface area contributed by atoms with Gasteiger partial charge in [0.05, 0.1) is 26.3 Å². The average Bonchev–Trinajstić information content (AvgIpc) is 3.40. The Balaban J connectivity index is 1.32. The minimum absolute atomic E-state index is 0.211. The zero-order valence-electron chi connectivity index (χ0n) is 20.8. The summed E-state index contributed by atoms with van der Waals surface area (Å²) in [4.78, 5) is 29.4. The number of para-hydroxylation sites is 2. The van der Waals surface area contributed by atoms with Crippen LogP contribution in [0.15, 0.2) is 111 Å². The first kappa shape index (κ1) is 25.5. The van der Waals surface area contributed by atoms with Gasteiger partial charge in [0.25, 0.3) is 5.56 Å². The summed E-state index contributed by atoms with van der Waals surface area (Å²) in [6.07, 6.45) is 1.59. The Labute approximate surface area is 241 Å². The molecule has 0 aliphatic carbocycles. The number of fused-ring (bicyclic) bond motifs is 2. The Morgan fingerprint density at radius 1 is 1.00 bits per heavy atom. The molecule has 2 heterocycles. The first-order valence-corrected chi connectivity index (χ1v) is 13.3. The summed E-state index contributed by atoms with van der Waals surface area (Å²) in [6, 6.07) is 28.7. The molecule has 0 saturated carbocycles. The number of carbonyl (C=O) groups is 1. The molecule has 0 aliphatic rings. The molecule has 196 valence electrons. The van der Waals surface area contributed by atoms with E-state index in [9.17, 15) is 14.7 Å². The van der Waals surface area contributed by atoms with Crippen LogP contribution < -0.4 is 10.3 Å². The number of hydrogen-bond donors (Lipinski definition) is 1. The number of ether oxygens (including phenoxy) is 1. The summed E-state index contributed by atoms with van der Waals surface area (Å²) >= 11 is 2.17. The first-order chi connectivity index (χ1) is 19.5. The van der Waals surface area contributed by atoms with E-state index in [0.29, 0.717) is 33.8 Å². The lowest BCUT2D eigenvalue weighted by Gasteiger charge is -2.10. The van der Waals surface area contributed by atoms with Crippen LogP contribution in [-0.4, -0.2) is 27.0 Å². The number of hydrogen-bond acceptors (Lipinski definition) is 6. The third kappa shape index (κ3) is 5.10. The van der Waals surface area contributed by atoms with Crippen molar-refractivity contribution in [2.24, 2.45) is 5.10 Å². The van der Waals surface area contributed by atoms with E-state index in [0.717, 1.165) is 20.1 Å². The van der Waals surface area contributed by atoms with Crippen LogP contribution in [0.4, 0.5) is 0 Å². The second-order valence-corrected chi connectivity index (χ2v) is 10.1. The van der Waals surface area contributed by atoms with Crippen LogP contribution in [0, 0.1) is 3.57 Å². The fourth-order valence-corrected chi connectivity index (χ4v) is 4.97. The normalized spacial score (nSPS) is 11.4. The van der Waals surface area contributed by atoms with E-state index >= 15 is 0 Å². The fourth-order valence-electron chi connectivity index (χ4n) is 4.28. The van der Waals surface area contributed by atoms with Crippen molar-refractivity contribution in [2.45, 2.75) is 6.61 Å². The molecule has 0 fully saturated rings. The Bertz CT molecular complexity index is 1960. The Morgan fingerprint density at radius 2 is 1.82 bits per heavy atom. The number of aromatic carboxylic acids is 1. The largest absolute Gasteiger partial charge is 0.488 e. The number of nitrogens with zero attached hydrogens (tertiary/aromatic N) is 3. The zero-order valence-corrected chi connectivity index (χ0v) is 23.0. The van der Waals surface area contributed by atoms with Crippen LogP contribution >= 0.6 is 22.6 Å². The van der Waals surface area contributed by atoms with Gasteiger partial charge in [0.2, 0.25) is 5.82 Å². The molecular weight excluding hydrogens is 621 g/mol. The fraction of sp³-hybridized carbons (Fsp3) is 0.0323. The van der Waals surface area contributed by atoms with Gasteiger partial charge in [-0.2, -0.15) is 9.78 Å². The van der Waals surface area contributed by atoms with Crippen molar-refractivity contribution in [3.8, 4) is 17.3 Å². The maximum atomic E-state index is 13.5. The minimum atomic E-state index is -0.982. The lowest BCUT2D eigenvalue weighted by Crippen LogP contribution is -2.20. The molecular formula is C31H20IN3O5. The number of carboxylic acid groups (broad SMARTS) is 1. The number of rotatable bonds is 7. The predicted octanol–water partition coefficient (Wildman–Crippen LogP) is 6.57. The molecule has 1 N–H and O–H groups in total. The van der Waals surface area contributed by atoms with Crippen molar-refractivity contribution in [3.05, 3.63) is 128 Å². The van der Waals surface area contributed by atoms with Gasteiger partial charge < -0.3 is 14.3 Å². The highest BCUT2D eigenvalue weighted by Gasteiger charge is 2.16. The van der Waals surface area contributed by atoms with Gasteiger partial charge >= 0.3 is 5.97 Å². The van der Waals surface area contributed by atoms with E-state index in [1.165, 1.54) is 4.68 Å². The molecule has 8 nitrogen and oxygen atoms in total. The van der Waals surface area contributed by atoms with Crippen molar-refractivity contribution in [1.82, 2.24) is 9.66 Å². The third-order valence-electron chi connectivity index (χ3n) is 6.25. The molecule has 6 rings (SSSR count). The summed E-state index contributed by atoms with van der Waals surface area (Å²) in [6.45, 7) is 0.226. The summed E-state index contributed by atoms with van der Waals surface area (Å²) in [5.74, 6) is 0.399.